The van der Waals surface area contributed by atoms with Crippen molar-refractivity contribution in [2.75, 3.05) is 101 Å². The van der Waals surface area contributed by atoms with Crippen LogP contribution in [0.1, 0.15) is 102 Å². The van der Waals surface area contributed by atoms with Crippen molar-refractivity contribution < 1.29 is 14.4 Å². The summed E-state index contributed by atoms with van der Waals surface area (Å²) in [6.07, 6.45) is 12.4. The van der Waals surface area contributed by atoms with E-state index in [-0.39, 0.29) is 29.3 Å². The van der Waals surface area contributed by atoms with Gasteiger partial charge in [0.1, 0.15) is 11.6 Å². The predicted octanol–water partition coefficient (Wildman–Crippen LogP) is 4.88. The van der Waals surface area contributed by atoms with Gasteiger partial charge in [0.15, 0.2) is 23.0 Å². The molecule has 2 aromatic carbocycles. The zero-order valence-electron chi connectivity index (χ0n) is 38.6. The lowest BCUT2D eigenvalue weighted by atomic mass is 9.89. The lowest BCUT2D eigenvalue weighted by molar-refractivity contribution is -0.129. The summed E-state index contributed by atoms with van der Waals surface area (Å²) in [5.41, 5.74) is 21.9. The summed E-state index contributed by atoms with van der Waals surface area (Å²) in [6, 6.07) is 16.8. The maximum atomic E-state index is 12.2. The van der Waals surface area contributed by atoms with Crippen molar-refractivity contribution in [2.45, 2.75) is 75.7 Å². The molecule has 2 atom stereocenters. The molecular formula is C48H68N14O3. The number of rotatable bonds is 12. The minimum absolute atomic E-state index is 0.115. The zero-order valence-corrected chi connectivity index (χ0v) is 38.6. The van der Waals surface area contributed by atoms with Gasteiger partial charge in [-0.3, -0.25) is 14.4 Å². The summed E-state index contributed by atoms with van der Waals surface area (Å²) in [4.78, 5) is 64.8. The number of carbonyl (C=O) groups is 3. The van der Waals surface area contributed by atoms with Crippen molar-refractivity contribution in [3.8, 4) is 0 Å². The number of carbonyl (C=O) groups excluding carboxylic acids is 3. The highest BCUT2D eigenvalue weighted by Gasteiger charge is 2.26. The average Bonchev–Trinajstić information content (AvgIpc) is 3.30. The van der Waals surface area contributed by atoms with E-state index < -0.39 is 11.8 Å². The van der Waals surface area contributed by atoms with Gasteiger partial charge in [0, 0.05) is 64.1 Å². The molecule has 3 amide bonds. The number of hydrogen-bond donors (Lipinski definition) is 5. The number of benzene rings is 2. The Morgan fingerprint density at radius 1 is 0.631 bits per heavy atom. The van der Waals surface area contributed by atoms with Gasteiger partial charge in [-0.25, -0.2) is 19.9 Å². The molecule has 17 nitrogen and oxygen atoms in total. The highest BCUT2D eigenvalue weighted by atomic mass is 16.2. The Bertz CT molecular complexity index is 2220. The first-order chi connectivity index (χ1) is 31.3. The van der Waals surface area contributed by atoms with E-state index in [9.17, 15) is 14.4 Å². The Morgan fingerprint density at radius 3 is 1.48 bits per heavy atom. The van der Waals surface area contributed by atoms with Gasteiger partial charge in [-0.15, -0.1) is 0 Å². The molecule has 0 unspecified atom stereocenters. The molecular weight excluding hydrogens is 821 g/mol. The molecule has 6 heterocycles. The fourth-order valence-corrected chi connectivity index (χ4v) is 9.32. The van der Waals surface area contributed by atoms with E-state index in [0.29, 0.717) is 41.5 Å². The first kappa shape index (κ1) is 47.1. The van der Waals surface area contributed by atoms with Crippen molar-refractivity contribution in [1.29, 1.82) is 0 Å². The Balaban J connectivity index is 0.000000196. The lowest BCUT2D eigenvalue weighted by Crippen LogP contribution is -2.43. The van der Waals surface area contributed by atoms with Gasteiger partial charge >= 0.3 is 0 Å². The number of nitrogens with zero attached hydrogens (tertiary/aromatic N) is 9. The number of likely N-dealkylation sites (tertiary alicyclic amines) is 2. The highest BCUT2D eigenvalue weighted by Crippen LogP contribution is 2.32. The molecule has 2 aromatic heterocycles. The Morgan fingerprint density at radius 2 is 1.06 bits per heavy atom. The van der Waals surface area contributed by atoms with Crippen LogP contribution in [0.5, 0.6) is 0 Å². The van der Waals surface area contributed by atoms with Crippen molar-refractivity contribution >= 4 is 52.4 Å². The van der Waals surface area contributed by atoms with E-state index in [0.717, 1.165) is 89.4 Å². The first-order valence-electron chi connectivity index (χ1n) is 23.2. The largest absolute Gasteiger partial charge is 0.364 e. The third kappa shape index (κ3) is 12.7. The summed E-state index contributed by atoms with van der Waals surface area (Å²) in [6.45, 7) is 7.69. The lowest BCUT2D eigenvalue weighted by Gasteiger charge is -2.33. The molecule has 0 aliphatic carbocycles. The van der Waals surface area contributed by atoms with Crippen LogP contribution in [0.4, 0.5) is 34.6 Å². The fraction of sp³-hybridized carbons (Fsp3) is 0.521. The molecule has 0 bridgehead atoms. The van der Waals surface area contributed by atoms with E-state index in [1.807, 2.05) is 24.3 Å². The monoisotopic (exact) mass is 889 g/mol. The minimum Gasteiger partial charge on any atom is -0.364 e. The summed E-state index contributed by atoms with van der Waals surface area (Å²) in [7, 11) is 7.92. The number of nitrogens with two attached hydrogens (primary N) is 3. The van der Waals surface area contributed by atoms with E-state index in [1.165, 1.54) is 36.8 Å². The number of aromatic nitrogens is 4. The van der Waals surface area contributed by atoms with Gasteiger partial charge in [0.05, 0.1) is 12.4 Å². The van der Waals surface area contributed by atoms with Crippen LogP contribution >= 0.6 is 0 Å². The maximum Gasteiger partial charge on any atom is 0.271 e. The molecule has 0 spiro atoms. The van der Waals surface area contributed by atoms with Crippen molar-refractivity contribution in [2.24, 2.45) is 23.1 Å². The minimum atomic E-state index is -0.623. The Hall–Kier alpha value is -5.91. The molecule has 0 radical (unpaired) electrons. The molecule has 4 saturated heterocycles. The summed E-state index contributed by atoms with van der Waals surface area (Å²) in [5.74, 6) is 2.48. The van der Waals surface area contributed by atoms with E-state index in [4.69, 9.17) is 22.2 Å². The summed E-state index contributed by atoms with van der Waals surface area (Å²) in [5, 5.41) is 6.50. The van der Waals surface area contributed by atoms with Gasteiger partial charge in [-0.1, -0.05) is 24.3 Å². The number of piperidine rings is 4. The average molecular weight is 889 g/mol. The standard InChI is InChI=1S/C26H37N7O2.C22H31N7O/c1-31(2)23(34)15-18-5-4-12-33(17-18)22-16-28-24(25(27)35)26(30-22)29-21-8-6-19(7-9-21)20-10-13-32(3)14-11-20;1-28-11-8-16(9-12-28)15-4-6-18(7-5-15)26-22-20(21(24)30)25-13-19(27-22)29-10-2-3-17(23)14-29/h6-9,16,18,20H,4-5,10-15,17H2,1-3H3,(H2,27,35)(H,29,30);4-7,13,16-17H,2-3,8-12,14,23H2,1H3,(H2,24,30)(H,26,27)/t18-;17-/m01/s1. The Labute approximate surface area is 383 Å². The van der Waals surface area contributed by atoms with Crippen molar-refractivity contribution in [1.82, 2.24) is 34.6 Å². The second-order valence-corrected chi connectivity index (χ2v) is 18.5. The molecule has 4 aromatic rings. The molecule has 65 heavy (non-hydrogen) atoms. The predicted molar refractivity (Wildman–Crippen MR) is 257 cm³/mol. The molecule has 4 aliphatic heterocycles. The van der Waals surface area contributed by atoms with Crippen LogP contribution in [0, 0.1) is 5.92 Å². The van der Waals surface area contributed by atoms with Gasteiger partial charge in [0.25, 0.3) is 11.8 Å². The molecule has 0 saturated carbocycles. The normalized spacial score (nSPS) is 20.1. The van der Waals surface area contributed by atoms with Crippen molar-refractivity contribution in [3.63, 3.8) is 0 Å². The third-order valence-electron chi connectivity index (χ3n) is 13.3. The molecule has 8 N–H and O–H groups in total. The second kappa shape index (κ2) is 21.8. The molecule has 348 valence electrons. The number of amides is 3. The smallest absolute Gasteiger partial charge is 0.271 e. The topological polar surface area (TPSA) is 221 Å². The third-order valence-corrected chi connectivity index (χ3v) is 13.3. The van der Waals surface area contributed by atoms with E-state index in [2.05, 4.69) is 83.5 Å². The first-order valence-corrected chi connectivity index (χ1v) is 23.2. The number of anilines is 6. The van der Waals surface area contributed by atoms with Crippen LogP contribution in [0.15, 0.2) is 60.9 Å². The van der Waals surface area contributed by atoms with Crippen LogP contribution < -0.4 is 37.6 Å². The second-order valence-electron chi connectivity index (χ2n) is 18.5. The van der Waals surface area contributed by atoms with Crippen LogP contribution in [0.2, 0.25) is 0 Å². The van der Waals surface area contributed by atoms with Crippen LogP contribution in [-0.2, 0) is 4.79 Å². The molecule has 8 rings (SSSR count). The number of primary amides is 2. The summed E-state index contributed by atoms with van der Waals surface area (Å²) >= 11 is 0. The van der Waals surface area contributed by atoms with Gasteiger partial charge in [-0.2, -0.15) is 0 Å². The van der Waals surface area contributed by atoms with Crippen LogP contribution in [-0.4, -0.2) is 139 Å². The number of hydrogen-bond acceptors (Lipinski definition) is 14. The maximum absolute atomic E-state index is 12.2. The molecule has 4 fully saturated rings. The molecule has 4 aliphatic rings. The van der Waals surface area contributed by atoms with E-state index in [1.54, 1.807) is 31.4 Å². The quantitative estimate of drug-likeness (QED) is 0.128. The highest BCUT2D eigenvalue weighted by molar-refractivity contribution is 5.97. The van der Waals surface area contributed by atoms with Gasteiger partial charge in [0.2, 0.25) is 5.91 Å². The SMILES string of the molecule is CN1CCC(c2ccc(Nc3nc(N4CCC[C@@H](CC(=O)N(C)C)C4)cnc3C(N)=O)cc2)CC1.CN1CCC(c2ccc(Nc3nc(N4CCC[C@@H](N)C4)cnc3C(N)=O)cc2)CC1. The van der Waals surface area contributed by atoms with Gasteiger partial charge in [-0.05, 0) is 145 Å². The van der Waals surface area contributed by atoms with Crippen molar-refractivity contribution in [3.05, 3.63) is 83.4 Å². The summed E-state index contributed by atoms with van der Waals surface area (Å²) < 4.78 is 0. The number of nitrogens with one attached hydrogen (secondary N) is 2. The fourth-order valence-electron chi connectivity index (χ4n) is 9.32. The molecule has 17 heteroatoms. The van der Waals surface area contributed by atoms with Crippen LogP contribution in [0.3, 0.4) is 0 Å². The van der Waals surface area contributed by atoms with Gasteiger partial charge < -0.3 is 52.3 Å². The zero-order chi connectivity index (χ0) is 46.0. The van der Waals surface area contributed by atoms with Crippen LogP contribution in [0.25, 0.3) is 0 Å². The Kier molecular flexibility index (Phi) is 15.8. The van der Waals surface area contributed by atoms with E-state index >= 15 is 0 Å².